The highest BCUT2D eigenvalue weighted by molar-refractivity contribution is 6.09. The van der Waals surface area contributed by atoms with E-state index < -0.39 is 11.7 Å². The molecule has 0 saturated heterocycles. The summed E-state index contributed by atoms with van der Waals surface area (Å²) in [7, 11) is 0. The Bertz CT molecular complexity index is 1110. The maximum absolute atomic E-state index is 13.0. The van der Waals surface area contributed by atoms with Crippen LogP contribution in [0, 0.1) is 0 Å². The number of H-pyrrole nitrogens is 2. The molecule has 0 radical (unpaired) electrons. The SMILES string of the molecule is CC.O=c1cc(-c2ccccc2)c2[nH]c3ccc(C(F)(F)F)cc3c2[nH]1. The number of nitrogens with one attached hydrogen (secondary N) is 2. The molecule has 3 nitrogen and oxygen atoms in total. The molecule has 0 aliphatic heterocycles. The number of hydrogen-bond acceptors (Lipinski definition) is 1. The number of alkyl halides is 3. The average Bonchev–Trinajstić information content (AvgIpc) is 3.00. The van der Waals surface area contributed by atoms with Crippen LogP contribution in [0.2, 0.25) is 0 Å². The van der Waals surface area contributed by atoms with Crippen molar-refractivity contribution in [1.29, 1.82) is 0 Å². The minimum atomic E-state index is -4.44. The third-order valence-electron chi connectivity index (χ3n) is 4.00. The lowest BCUT2D eigenvalue weighted by Gasteiger charge is -2.06. The van der Waals surface area contributed by atoms with Gasteiger partial charge < -0.3 is 9.97 Å². The fourth-order valence-electron chi connectivity index (χ4n) is 2.91. The molecule has 2 aromatic heterocycles. The molecule has 0 saturated carbocycles. The van der Waals surface area contributed by atoms with Crippen LogP contribution in [-0.4, -0.2) is 9.97 Å². The maximum Gasteiger partial charge on any atom is 0.416 e. The van der Waals surface area contributed by atoms with Gasteiger partial charge in [0.05, 0.1) is 16.6 Å². The molecule has 6 heteroatoms. The molecule has 0 bridgehead atoms. The number of aromatic amines is 2. The van der Waals surface area contributed by atoms with E-state index in [9.17, 15) is 18.0 Å². The molecule has 2 aromatic carbocycles. The Labute approximate surface area is 147 Å². The van der Waals surface area contributed by atoms with E-state index in [0.717, 1.165) is 17.7 Å². The molecule has 134 valence electrons. The molecule has 0 aliphatic carbocycles. The quantitative estimate of drug-likeness (QED) is 0.449. The summed E-state index contributed by atoms with van der Waals surface area (Å²) in [5, 5.41) is 0.342. The first-order chi connectivity index (χ1) is 12.4. The van der Waals surface area contributed by atoms with Crippen LogP contribution in [0.5, 0.6) is 0 Å². The third-order valence-corrected chi connectivity index (χ3v) is 4.00. The normalized spacial score (nSPS) is 11.4. The van der Waals surface area contributed by atoms with E-state index in [-0.39, 0.29) is 5.56 Å². The second-order valence-electron chi connectivity index (χ2n) is 5.55. The van der Waals surface area contributed by atoms with E-state index in [1.165, 1.54) is 12.1 Å². The lowest BCUT2D eigenvalue weighted by Crippen LogP contribution is -2.05. The molecule has 4 rings (SSSR count). The molecular weight excluding hydrogens is 341 g/mol. The molecule has 0 fully saturated rings. The van der Waals surface area contributed by atoms with E-state index >= 15 is 0 Å². The minimum Gasteiger partial charge on any atom is -0.353 e. The summed E-state index contributed by atoms with van der Waals surface area (Å²) >= 11 is 0. The van der Waals surface area contributed by atoms with E-state index in [2.05, 4.69) is 9.97 Å². The molecule has 0 unspecified atom stereocenters. The third kappa shape index (κ3) is 3.10. The van der Waals surface area contributed by atoms with Gasteiger partial charge in [-0.05, 0) is 23.8 Å². The zero-order valence-corrected chi connectivity index (χ0v) is 14.2. The molecular formula is C20H17F3N2O. The molecule has 2 heterocycles. The predicted molar refractivity (Wildman–Crippen MR) is 98.2 cm³/mol. The number of halogens is 3. The monoisotopic (exact) mass is 358 g/mol. The summed E-state index contributed by atoms with van der Waals surface area (Å²) in [6, 6.07) is 14.1. The van der Waals surface area contributed by atoms with E-state index in [1.807, 2.05) is 44.2 Å². The van der Waals surface area contributed by atoms with Gasteiger partial charge in [-0.2, -0.15) is 13.2 Å². The van der Waals surface area contributed by atoms with Gasteiger partial charge in [-0.15, -0.1) is 0 Å². The van der Waals surface area contributed by atoms with Crippen LogP contribution in [0.25, 0.3) is 33.1 Å². The lowest BCUT2D eigenvalue weighted by molar-refractivity contribution is -0.137. The Kier molecular flexibility index (Phi) is 4.59. The van der Waals surface area contributed by atoms with Gasteiger partial charge in [0.1, 0.15) is 0 Å². The Morgan fingerprint density at radius 1 is 0.846 bits per heavy atom. The summed E-state index contributed by atoms with van der Waals surface area (Å²) in [4.78, 5) is 17.8. The minimum absolute atomic E-state index is 0.342. The van der Waals surface area contributed by atoms with Gasteiger partial charge in [0, 0.05) is 22.5 Å². The molecule has 4 aromatic rings. The highest BCUT2D eigenvalue weighted by atomic mass is 19.4. The summed E-state index contributed by atoms with van der Waals surface area (Å²) in [5.74, 6) is 0. The van der Waals surface area contributed by atoms with Crippen molar-refractivity contribution in [2.75, 3.05) is 0 Å². The van der Waals surface area contributed by atoms with Crippen molar-refractivity contribution in [3.8, 4) is 11.1 Å². The first-order valence-corrected chi connectivity index (χ1v) is 8.25. The molecule has 0 spiro atoms. The van der Waals surface area contributed by atoms with E-state index in [1.54, 1.807) is 0 Å². The Balaban J connectivity index is 0.000000948. The smallest absolute Gasteiger partial charge is 0.353 e. The van der Waals surface area contributed by atoms with Gasteiger partial charge >= 0.3 is 6.18 Å². The van der Waals surface area contributed by atoms with E-state index in [0.29, 0.717) is 27.5 Å². The highest BCUT2D eigenvalue weighted by Crippen LogP contribution is 2.35. The van der Waals surface area contributed by atoms with Crippen LogP contribution in [0.15, 0.2) is 59.4 Å². The Morgan fingerprint density at radius 2 is 1.54 bits per heavy atom. The molecule has 26 heavy (non-hydrogen) atoms. The van der Waals surface area contributed by atoms with Crippen molar-refractivity contribution in [1.82, 2.24) is 9.97 Å². The van der Waals surface area contributed by atoms with Gasteiger partial charge in [-0.25, -0.2) is 0 Å². The lowest BCUT2D eigenvalue weighted by atomic mass is 10.0. The first kappa shape index (κ1) is 17.8. The first-order valence-electron chi connectivity index (χ1n) is 8.25. The van der Waals surface area contributed by atoms with Crippen molar-refractivity contribution in [2.24, 2.45) is 0 Å². The van der Waals surface area contributed by atoms with Gasteiger partial charge in [0.2, 0.25) is 5.56 Å². The van der Waals surface area contributed by atoms with Gasteiger partial charge in [-0.3, -0.25) is 4.79 Å². The number of aromatic nitrogens is 2. The zero-order valence-electron chi connectivity index (χ0n) is 14.2. The number of hydrogen-bond donors (Lipinski definition) is 2. The maximum atomic E-state index is 13.0. The zero-order chi connectivity index (χ0) is 18.9. The fourth-order valence-corrected chi connectivity index (χ4v) is 2.91. The number of pyridine rings is 1. The van der Waals surface area contributed by atoms with Gasteiger partial charge in [-0.1, -0.05) is 44.2 Å². The van der Waals surface area contributed by atoms with Crippen LogP contribution in [-0.2, 0) is 6.18 Å². The highest BCUT2D eigenvalue weighted by Gasteiger charge is 2.30. The second kappa shape index (κ2) is 6.71. The number of fused-ring (bicyclic) bond motifs is 3. The second-order valence-corrected chi connectivity index (χ2v) is 5.55. The Hall–Kier alpha value is -3.02. The number of rotatable bonds is 1. The summed E-state index contributed by atoms with van der Waals surface area (Å²) < 4.78 is 38.9. The van der Waals surface area contributed by atoms with Crippen LogP contribution in [0.1, 0.15) is 19.4 Å². The topological polar surface area (TPSA) is 48.6 Å². The predicted octanol–water partition coefficient (Wildman–Crippen LogP) is 5.72. The van der Waals surface area contributed by atoms with Crippen LogP contribution in [0.3, 0.4) is 0 Å². The molecule has 0 aliphatic rings. The van der Waals surface area contributed by atoms with Crippen LogP contribution >= 0.6 is 0 Å². The van der Waals surface area contributed by atoms with Gasteiger partial charge in [0.15, 0.2) is 0 Å². The fraction of sp³-hybridized carbons (Fsp3) is 0.150. The summed E-state index contributed by atoms with van der Waals surface area (Å²) in [5.41, 5.74) is 1.88. The molecule has 0 atom stereocenters. The van der Waals surface area contributed by atoms with E-state index in [4.69, 9.17) is 0 Å². The van der Waals surface area contributed by atoms with Crippen molar-refractivity contribution in [3.63, 3.8) is 0 Å². The van der Waals surface area contributed by atoms with Crippen molar-refractivity contribution in [3.05, 3.63) is 70.5 Å². The van der Waals surface area contributed by atoms with Crippen molar-refractivity contribution < 1.29 is 13.2 Å². The average molecular weight is 358 g/mol. The standard InChI is InChI=1S/C18H11F3N2O.C2H6/c19-18(20,21)11-6-7-14-13(8-11)17-16(22-14)12(9-15(24)23-17)10-4-2-1-3-5-10;1-2/h1-9,22H,(H,23,24);1-2H3. The summed E-state index contributed by atoms with van der Waals surface area (Å²) in [6.45, 7) is 4.00. The largest absolute Gasteiger partial charge is 0.416 e. The molecule has 2 N–H and O–H groups in total. The van der Waals surface area contributed by atoms with Crippen LogP contribution < -0.4 is 5.56 Å². The van der Waals surface area contributed by atoms with Crippen molar-refractivity contribution in [2.45, 2.75) is 20.0 Å². The summed E-state index contributed by atoms with van der Waals surface area (Å²) in [6.07, 6.45) is -4.44. The number of benzene rings is 2. The Morgan fingerprint density at radius 3 is 2.19 bits per heavy atom. The van der Waals surface area contributed by atoms with Crippen molar-refractivity contribution >= 4 is 21.9 Å². The molecule has 0 amide bonds. The van der Waals surface area contributed by atoms with Crippen LogP contribution in [0.4, 0.5) is 13.2 Å². The van der Waals surface area contributed by atoms with Gasteiger partial charge in [0.25, 0.3) is 0 Å².